The molecule has 26 heavy (non-hydrogen) atoms. The van der Waals surface area contributed by atoms with Gasteiger partial charge in [0.2, 0.25) is 0 Å². The second-order valence-corrected chi connectivity index (χ2v) is 7.15. The molecule has 0 atom stereocenters. The Morgan fingerprint density at radius 3 is 2.62 bits per heavy atom. The van der Waals surface area contributed by atoms with Gasteiger partial charge in [0.1, 0.15) is 0 Å². The molecule has 0 N–H and O–H groups in total. The fraction of sp³-hybridized carbons (Fsp3) is 0.263. The Bertz CT molecular complexity index is 1080. The summed E-state index contributed by atoms with van der Waals surface area (Å²) in [4.78, 5) is 27.8. The zero-order chi connectivity index (χ0) is 18.8. The van der Waals surface area contributed by atoms with Crippen LogP contribution in [-0.2, 0) is 17.8 Å². The Kier molecular flexibility index (Phi) is 4.99. The Balaban J connectivity index is 1.98. The number of nitro benzene ring substituents is 1. The zero-order valence-corrected chi connectivity index (χ0v) is 15.7. The number of rotatable bonds is 4. The highest BCUT2D eigenvalue weighted by molar-refractivity contribution is 7.16. The number of hydrogen-bond donors (Lipinski definition) is 0. The van der Waals surface area contributed by atoms with Crippen molar-refractivity contribution < 1.29 is 9.72 Å². The van der Waals surface area contributed by atoms with Crippen molar-refractivity contribution in [1.82, 2.24) is 4.57 Å². The molecule has 0 aliphatic carbocycles. The third-order valence-corrected chi connectivity index (χ3v) is 5.38. The molecule has 3 aromatic rings. The van der Waals surface area contributed by atoms with E-state index in [4.69, 9.17) is 0 Å². The molecule has 0 radical (unpaired) electrons. The number of thiazole rings is 1. The van der Waals surface area contributed by atoms with Crippen LogP contribution in [0.1, 0.15) is 23.6 Å². The van der Waals surface area contributed by atoms with Gasteiger partial charge in [0, 0.05) is 18.7 Å². The summed E-state index contributed by atoms with van der Waals surface area (Å²) in [5, 5.41) is 11.0. The first-order valence-corrected chi connectivity index (χ1v) is 9.12. The second kappa shape index (κ2) is 7.21. The Hall–Kier alpha value is -2.80. The fourth-order valence-corrected chi connectivity index (χ4v) is 3.94. The van der Waals surface area contributed by atoms with Crippen molar-refractivity contribution in [3.63, 3.8) is 0 Å². The first-order valence-electron chi connectivity index (χ1n) is 8.30. The molecule has 1 aromatic heterocycles. The van der Waals surface area contributed by atoms with Gasteiger partial charge in [-0.3, -0.25) is 14.9 Å². The minimum Gasteiger partial charge on any atom is -0.317 e. The SMILES string of the molecule is CCn1c(=NC(=O)Cc2ccc(C)c(C)c2)sc2cc([N+](=O)[O-])ccc21. The van der Waals surface area contributed by atoms with Gasteiger partial charge in [-0.05, 0) is 43.5 Å². The van der Waals surface area contributed by atoms with Crippen molar-refractivity contribution in [1.29, 1.82) is 0 Å². The van der Waals surface area contributed by atoms with Gasteiger partial charge < -0.3 is 4.57 Å². The molecular formula is C19H19N3O3S. The molecule has 0 aliphatic heterocycles. The molecule has 0 unspecified atom stereocenters. The topological polar surface area (TPSA) is 77.5 Å². The zero-order valence-electron chi connectivity index (χ0n) is 14.9. The quantitative estimate of drug-likeness (QED) is 0.516. The summed E-state index contributed by atoms with van der Waals surface area (Å²) in [5.74, 6) is -0.225. The standard InChI is InChI=1S/C19H19N3O3S/c1-4-21-16-8-7-15(22(24)25)11-17(16)26-19(21)20-18(23)10-14-6-5-12(2)13(3)9-14/h5-9,11H,4,10H2,1-3H3. The van der Waals surface area contributed by atoms with E-state index < -0.39 is 4.92 Å². The first kappa shape index (κ1) is 18.0. The molecule has 0 saturated carbocycles. The van der Waals surface area contributed by atoms with Gasteiger partial charge in [-0.2, -0.15) is 4.99 Å². The minimum atomic E-state index is -0.420. The molecule has 134 valence electrons. The summed E-state index contributed by atoms with van der Waals surface area (Å²) in [6, 6.07) is 10.7. The number of amides is 1. The van der Waals surface area contributed by atoms with Gasteiger partial charge in [-0.25, -0.2) is 0 Å². The van der Waals surface area contributed by atoms with Crippen molar-refractivity contribution in [2.24, 2.45) is 4.99 Å². The van der Waals surface area contributed by atoms with Crippen LogP contribution in [0, 0.1) is 24.0 Å². The highest BCUT2D eigenvalue weighted by Crippen LogP contribution is 2.23. The Labute approximate surface area is 154 Å². The first-order chi connectivity index (χ1) is 12.4. The van der Waals surface area contributed by atoms with Gasteiger partial charge in [0.05, 0.1) is 21.6 Å². The van der Waals surface area contributed by atoms with Crippen LogP contribution in [0.25, 0.3) is 10.2 Å². The van der Waals surface area contributed by atoms with Gasteiger partial charge in [-0.1, -0.05) is 29.5 Å². The predicted molar refractivity (Wildman–Crippen MR) is 102 cm³/mol. The van der Waals surface area contributed by atoms with E-state index in [-0.39, 0.29) is 18.0 Å². The number of nitro groups is 1. The van der Waals surface area contributed by atoms with Gasteiger partial charge in [0.25, 0.3) is 11.6 Å². The van der Waals surface area contributed by atoms with E-state index in [0.717, 1.165) is 21.3 Å². The summed E-state index contributed by atoms with van der Waals surface area (Å²) < 4.78 is 2.65. The van der Waals surface area contributed by atoms with E-state index >= 15 is 0 Å². The highest BCUT2D eigenvalue weighted by atomic mass is 32.1. The van der Waals surface area contributed by atoms with E-state index in [1.165, 1.54) is 29.0 Å². The van der Waals surface area contributed by atoms with Crippen LogP contribution in [0.15, 0.2) is 41.4 Å². The number of carbonyl (C=O) groups excluding carboxylic acids is 1. The smallest absolute Gasteiger partial charge is 0.270 e. The average molecular weight is 369 g/mol. The van der Waals surface area contributed by atoms with Crippen LogP contribution in [0.4, 0.5) is 5.69 Å². The van der Waals surface area contributed by atoms with Crippen LogP contribution in [0.5, 0.6) is 0 Å². The van der Waals surface area contributed by atoms with Crippen molar-refractivity contribution in [3.8, 4) is 0 Å². The molecule has 1 heterocycles. The molecule has 0 aliphatic rings. The molecule has 0 saturated heterocycles. The molecule has 6 nitrogen and oxygen atoms in total. The molecular weight excluding hydrogens is 350 g/mol. The van der Waals surface area contributed by atoms with E-state index in [2.05, 4.69) is 4.99 Å². The van der Waals surface area contributed by atoms with Crippen molar-refractivity contribution in [3.05, 3.63) is 68.0 Å². The van der Waals surface area contributed by atoms with Gasteiger partial charge >= 0.3 is 0 Å². The normalized spacial score (nSPS) is 11.9. The molecule has 1 amide bonds. The van der Waals surface area contributed by atoms with Crippen molar-refractivity contribution in [2.45, 2.75) is 33.7 Å². The number of fused-ring (bicyclic) bond motifs is 1. The van der Waals surface area contributed by atoms with Crippen molar-refractivity contribution in [2.75, 3.05) is 0 Å². The van der Waals surface area contributed by atoms with E-state index in [9.17, 15) is 14.9 Å². The lowest BCUT2D eigenvalue weighted by atomic mass is 10.0. The van der Waals surface area contributed by atoms with E-state index in [1.54, 1.807) is 6.07 Å². The Morgan fingerprint density at radius 1 is 1.19 bits per heavy atom. The lowest BCUT2D eigenvalue weighted by Gasteiger charge is -2.03. The summed E-state index contributed by atoms with van der Waals surface area (Å²) in [6.07, 6.45) is 0.235. The largest absolute Gasteiger partial charge is 0.317 e. The lowest BCUT2D eigenvalue weighted by Crippen LogP contribution is -2.16. The number of carbonyl (C=O) groups is 1. The van der Waals surface area contributed by atoms with Gasteiger partial charge in [-0.15, -0.1) is 0 Å². The van der Waals surface area contributed by atoms with Crippen LogP contribution in [0.2, 0.25) is 0 Å². The number of benzene rings is 2. The van der Waals surface area contributed by atoms with Crippen LogP contribution >= 0.6 is 11.3 Å². The van der Waals surface area contributed by atoms with Crippen molar-refractivity contribution >= 4 is 33.1 Å². The van der Waals surface area contributed by atoms with E-state index in [1.807, 2.05) is 43.5 Å². The molecule has 0 fully saturated rings. The summed E-state index contributed by atoms with van der Waals surface area (Å²) >= 11 is 1.30. The average Bonchev–Trinajstić information content (AvgIpc) is 2.93. The maximum atomic E-state index is 12.4. The second-order valence-electron chi connectivity index (χ2n) is 6.14. The predicted octanol–water partition coefficient (Wildman–Crippen LogP) is 3.92. The Morgan fingerprint density at radius 2 is 1.96 bits per heavy atom. The number of hydrogen-bond acceptors (Lipinski definition) is 4. The number of aromatic nitrogens is 1. The molecule has 0 bridgehead atoms. The maximum Gasteiger partial charge on any atom is 0.270 e. The minimum absolute atomic E-state index is 0.0370. The molecule has 3 rings (SSSR count). The number of non-ortho nitro benzene ring substituents is 1. The third-order valence-electron chi connectivity index (χ3n) is 4.34. The lowest BCUT2D eigenvalue weighted by molar-refractivity contribution is -0.384. The van der Waals surface area contributed by atoms with Crippen LogP contribution in [-0.4, -0.2) is 15.4 Å². The van der Waals surface area contributed by atoms with Gasteiger partial charge in [0.15, 0.2) is 4.80 Å². The molecule has 7 heteroatoms. The maximum absolute atomic E-state index is 12.4. The summed E-state index contributed by atoms with van der Waals surface area (Å²) in [6.45, 7) is 6.64. The van der Waals surface area contributed by atoms with E-state index in [0.29, 0.717) is 11.3 Å². The monoisotopic (exact) mass is 369 g/mol. The van der Waals surface area contributed by atoms with Crippen LogP contribution < -0.4 is 4.80 Å². The third kappa shape index (κ3) is 3.57. The van der Waals surface area contributed by atoms with Crippen LogP contribution in [0.3, 0.4) is 0 Å². The number of nitrogens with zero attached hydrogens (tertiary/aromatic N) is 3. The number of aryl methyl sites for hydroxylation is 3. The summed E-state index contributed by atoms with van der Waals surface area (Å²) in [5.41, 5.74) is 4.15. The molecule has 2 aromatic carbocycles. The highest BCUT2D eigenvalue weighted by Gasteiger charge is 2.12. The fourth-order valence-electron chi connectivity index (χ4n) is 2.80. The molecule has 0 spiro atoms. The summed E-state index contributed by atoms with van der Waals surface area (Å²) in [7, 11) is 0.